The van der Waals surface area contributed by atoms with Gasteiger partial charge in [-0.1, -0.05) is 53.9 Å². The first-order valence-corrected chi connectivity index (χ1v) is 7.29. The molecule has 0 heterocycles. The quantitative estimate of drug-likeness (QED) is 0.610. The summed E-state index contributed by atoms with van der Waals surface area (Å²) in [5, 5.41) is 0. The molecule has 0 bridgehead atoms. The number of halogens is 3. The highest BCUT2D eigenvalue weighted by atomic mass is 79.9. The van der Waals surface area contributed by atoms with Gasteiger partial charge in [-0.15, -0.1) is 0 Å². The van der Waals surface area contributed by atoms with Crippen molar-refractivity contribution < 1.29 is 4.74 Å². The molecule has 0 aliphatic carbocycles. The average molecular weight is 421 g/mol. The third-order valence-corrected chi connectivity index (χ3v) is 4.24. The predicted molar refractivity (Wildman–Crippen MR) is 81.5 cm³/mol. The van der Waals surface area contributed by atoms with Gasteiger partial charge in [-0.2, -0.15) is 0 Å². The highest BCUT2D eigenvalue weighted by molar-refractivity contribution is 9.11. The summed E-state index contributed by atoms with van der Waals surface area (Å²) in [5.41, 5.74) is 2.13. The fourth-order valence-corrected chi connectivity index (χ4v) is 2.99. The van der Waals surface area contributed by atoms with Crippen LogP contribution in [0.25, 0.3) is 11.1 Å². The lowest BCUT2D eigenvalue weighted by Crippen LogP contribution is -1.90. The number of benzene rings is 2. The van der Waals surface area contributed by atoms with Crippen LogP contribution in [0.2, 0.25) is 0 Å². The number of methoxy groups -OCH3 is 1. The molecule has 88 valence electrons. The van der Waals surface area contributed by atoms with E-state index < -0.39 is 0 Å². The lowest BCUT2D eigenvalue weighted by atomic mass is 10.0. The Kier molecular flexibility index (Phi) is 4.28. The molecule has 0 amide bonds. The first-order valence-electron chi connectivity index (χ1n) is 4.91. The number of hydrogen-bond donors (Lipinski definition) is 0. The zero-order chi connectivity index (χ0) is 12.4. The maximum atomic E-state index is 5.41. The summed E-state index contributed by atoms with van der Waals surface area (Å²) >= 11 is 10.6. The third kappa shape index (κ3) is 2.75. The summed E-state index contributed by atoms with van der Waals surface area (Å²) in [6, 6.07) is 12.0. The van der Waals surface area contributed by atoms with E-state index in [1.165, 1.54) is 0 Å². The minimum atomic E-state index is 0.846. The number of rotatable bonds is 2. The van der Waals surface area contributed by atoms with E-state index in [0.29, 0.717) is 0 Å². The van der Waals surface area contributed by atoms with E-state index in [2.05, 4.69) is 53.9 Å². The van der Waals surface area contributed by atoms with E-state index in [-0.39, 0.29) is 0 Å². The molecule has 2 aromatic carbocycles. The van der Waals surface area contributed by atoms with Gasteiger partial charge in [0.05, 0.1) is 7.11 Å². The molecule has 0 spiro atoms. The Bertz CT molecular complexity index is 552. The topological polar surface area (TPSA) is 9.23 Å². The fourth-order valence-electron chi connectivity index (χ4n) is 1.62. The smallest absolute Gasteiger partial charge is 0.127 e. The molecule has 0 atom stereocenters. The second kappa shape index (κ2) is 5.55. The van der Waals surface area contributed by atoms with Gasteiger partial charge in [0.1, 0.15) is 5.75 Å². The van der Waals surface area contributed by atoms with Gasteiger partial charge in [-0.05, 0) is 30.3 Å². The van der Waals surface area contributed by atoms with Gasteiger partial charge in [0, 0.05) is 24.5 Å². The lowest BCUT2D eigenvalue weighted by molar-refractivity contribution is 0.416. The lowest BCUT2D eigenvalue weighted by Gasteiger charge is -2.12. The SMILES string of the molecule is COc1cccc(Br)c1-c1cc(Br)ccc1Br. The Morgan fingerprint density at radius 1 is 0.941 bits per heavy atom. The third-order valence-electron chi connectivity index (χ3n) is 2.39. The summed E-state index contributed by atoms with van der Waals surface area (Å²) in [5.74, 6) is 0.846. The van der Waals surface area contributed by atoms with Gasteiger partial charge in [-0.3, -0.25) is 0 Å². The molecule has 17 heavy (non-hydrogen) atoms. The van der Waals surface area contributed by atoms with Crippen molar-refractivity contribution in [2.45, 2.75) is 0 Å². The molecule has 0 aliphatic heterocycles. The summed E-state index contributed by atoms with van der Waals surface area (Å²) in [7, 11) is 1.68. The molecule has 0 saturated heterocycles. The first-order chi connectivity index (χ1) is 8.13. The molecule has 0 fully saturated rings. The van der Waals surface area contributed by atoms with Crippen LogP contribution in [0.3, 0.4) is 0 Å². The van der Waals surface area contributed by atoms with Crippen molar-refractivity contribution in [1.29, 1.82) is 0 Å². The van der Waals surface area contributed by atoms with Crippen LogP contribution in [0.1, 0.15) is 0 Å². The minimum Gasteiger partial charge on any atom is -0.496 e. The van der Waals surface area contributed by atoms with E-state index >= 15 is 0 Å². The Hall–Kier alpha value is -0.320. The Labute approximate surface area is 126 Å². The van der Waals surface area contributed by atoms with Gasteiger partial charge in [0.25, 0.3) is 0 Å². The Morgan fingerprint density at radius 2 is 1.71 bits per heavy atom. The van der Waals surface area contributed by atoms with Crippen molar-refractivity contribution in [1.82, 2.24) is 0 Å². The minimum absolute atomic E-state index is 0.846. The van der Waals surface area contributed by atoms with Crippen LogP contribution < -0.4 is 4.74 Å². The monoisotopic (exact) mass is 418 g/mol. The van der Waals surface area contributed by atoms with Crippen molar-refractivity contribution in [2.24, 2.45) is 0 Å². The van der Waals surface area contributed by atoms with Crippen LogP contribution in [0.4, 0.5) is 0 Å². The molecule has 0 aliphatic rings. The van der Waals surface area contributed by atoms with E-state index in [1.807, 2.05) is 30.3 Å². The van der Waals surface area contributed by atoms with E-state index in [0.717, 1.165) is 30.3 Å². The Balaban J connectivity index is 2.71. The zero-order valence-electron chi connectivity index (χ0n) is 9.01. The predicted octanol–water partition coefficient (Wildman–Crippen LogP) is 5.65. The normalized spacial score (nSPS) is 10.4. The van der Waals surface area contributed by atoms with Crippen LogP contribution in [0.15, 0.2) is 49.8 Å². The van der Waals surface area contributed by atoms with E-state index in [9.17, 15) is 0 Å². The number of hydrogen-bond acceptors (Lipinski definition) is 1. The van der Waals surface area contributed by atoms with Crippen LogP contribution in [0.5, 0.6) is 5.75 Å². The molecule has 0 radical (unpaired) electrons. The fraction of sp³-hybridized carbons (Fsp3) is 0.0769. The molecule has 0 unspecified atom stereocenters. The maximum Gasteiger partial charge on any atom is 0.127 e. The van der Waals surface area contributed by atoms with Crippen molar-refractivity contribution in [3.05, 3.63) is 49.8 Å². The van der Waals surface area contributed by atoms with E-state index in [1.54, 1.807) is 7.11 Å². The molecular formula is C13H9Br3O. The standard InChI is InChI=1S/C13H9Br3O/c1-17-12-4-2-3-11(16)13(12)9-7-8(14)5-6-10(9)15/h2-7H,1H3. The van der Waals surface area contributed by atoms with Crippen LogP contribution >= 0.6 is 47.8 Å². The Morgan fingerprint density at radius 3 is 2.41 bits per heavy atom. The summed E-state index contributed by atoms with van der Waals surface area (Å²) < 4.78 is 8.49. The molecule has 2 aromatic rings. The molecule has 0 N–H and O–H groups in total. The number of ether oxygens (including phenoxy) is 1. The highest BCUT2D eigenvalue weighted by Crippen LogP contribution is 2.41. The molecule has 1 nitrogen and oxygen atoms in total. The average Bonchev–Trinajstić information content (AvgIpc) is 2.32. The summed E-state index contributed by atoms with van der Waals surface area (Å²) in [6.07, 6.45) is 0. The van der Waals surface area contributed by atoms with Gasteiger partial charge >= 0.3 is 0 Å². The molecular weight excluding hydrogens is 412 g/mol. The molecule has 0 aromatic heterocycles. The second-order valence-corrected chi connectivity index (χ2v) is 6.07. The largest absolute Gasteiger partial charge is 0.496 e. The van der Waals surface area contributed by atoms with Crippen LogP contribution in [-0.2, 0) is 0 Å². The first kappa shape index (κ1) is 13.1. The molecule has 2 rings (SSSR count). The van der Waals surface area contributed by atoms with E-state index in [4.69, 9.17) is 4.74 Å². The zero-order valence-corrected chi connectivity index (χ0v) is 13.8. The molecule has 0 saturated carbocycles. The van der Waals surface area contributed by atoms with Crippen LogP contribution in [0, 0.1) is 0 Å². The van der Waals surface area contributed by atoms with Crippen molar-refractivity contribution in [2.75, 3.05) is 7.11 Å². The highest BCUT2D eigenvalue weighted by Gasteiger charge is 2.13. The van der Waals surface area contributed by atoms with Crippen molar-refractivity contribution in [3.8, 4) is 16.9 Å². The second-order valence-electron chi connectivity index (χ2n) is 3.44. The maximum absolute atomic E-state index is 5.41. The van der Waals surface area contributed by atoms with Gasteiger partial charge < -0.3 is 4.74 Å². The molecule has 4 heteroatoms. The van der Waals surface area contributed by atoms with Crippen molar-refractivity contribution in [3.63, 3.8) is 0 Å². The van der Waals surface area contributed by atoms with Gasteiger partial charge in [-0.25, -0.2) is 0 Å². The van der Waals surface area contributed by atoms with Gasteiger partial charge in [0.15, 0.2) is 0 Å². The van der Waals surface area contributed by atoms with Crippen molar-refractivity contribution >= 4 is 47.8 Å². The summed E-state index contributed by atoms with van der Waals surface area (Å²) in [4.78, 5) is 0. The summed E-state index contributed by atoms with van der Waals surface area (Å²) in [6.45, 7) is 0. The van der Waals surface area contributed by atoms with Crippen LogP contribution in [-0.4, -0.2) is 7.11 Å². The van der Waals surface area contributed by atoms with Gasteiger partial charge in [0.2, 0.25) is 0 Å².